The summed E-state index contributed by atoms with van der Waals surface area (Å²) < 4.78 is 10.9. The number of hydrogen-bond acceptors (Lipinski definition) is 4. The number of likely N-dealkylation sites (N-methyl/N-ethyl adjacent to an activating group) is 1. The van der Waals surface area contributed by atoms with Crippen LogP contribution in [0.25, 0.3) is 0 Å². The van der Waals surface area contributed by atoms with Gasteiger partial charge in [0.25, 0.3) is 0 Å². The van der Waals surface area contributed by atoms with Gasteiger partial charge in [-0.15, -0.1) is 0 Å². The Bertz CT molecular complexity index is 390. The molecule has 0 bridgehead atoms. The molecule has 0 aromatic heterocycles. The Balaban J connectivity index is 2.83. The van der Waals surface area contributed by atoms with Crippen LogP contribution in [-0.4, -0.2) is 47.1 Å². The Labute approximate surface area is 129 Å². The summed E-state index contributed by atoms with van der Waals surface area (Å²) in [5.74, 6) is 0. The summed E-state index contributed by atoms with van der Waals surface area (Å²) in [5, 5.41) is 6.69. The van der Waals surface area contributed by atoms with Crippen LogP contribution in [0.1, 0.15) is 19.8 Å². The van der Waals surface area contributed by atoms with Gasteiger partial charge < -0.3 is 20.1 Å². The third kappa shape index (κ3) is 4.99. The van der Waals surface area contributed by atoms with E-state index >= 15 is 0 Å². The van der Waals surface area contributed by atoms with E-state index in [9.17, 15) is 0 Å². The Morgan fingerprint density at radius 1 is 1.48 bits per heavy atom. The van der Waals surface area contributed by atoms with E-state index in [1.807, 2.05) is 13.1 Å². The average molecular weight is 294 g/mol. The second-order valence-corrected chi connectivity index (χ2v) is 5.68. The van der Waals surface area contributed by atoms with Crippen LogP contribution in [-0.2, 0) is 9.47 Å². The van der Waals surface area contributed by atoms with E-state index in [0.717, 1.165) is 31.6 Å². The van der Waals surface area contributed by atoms with Crippen molar-refractivity contribution in [2.45, 2.75) is 19.8 Å². The largest absolute Gasteiger partial charge is 0.388 e. The fraction of sp³-hybridized carbons (Fsp3) is 0.647. The van der Waals surface area contributed by atoms with Crippen molar-refractivity contribution in [2.75, 3.05) is 47.1 Å². The van der Waals surface area contributed by atoms with Gasteiger partial charge in [-0.2, -0.15) is 0 Å². The highest BCUT2D eigenvalue weighted by atomic mass is 16.5. The molecule has 0 spiro atoms. The molecule has 1 atom stereocenters. The van der Waals surface area contributed by atoms with Crippen LogP contribution in [0.2, 0.25) is 0 Å². The lowest BCUT2D eigenvalue weighted by atomic mass is 9.73. The first-order valence-corrected chi connectivity index (χ1v) is 7.55. The average Bonchev–Trinajstić information content (AvgIpc) is 2.48. The van der Waals surface area contributed by atoms with Crippen LogP contribution in [0.5, 0.6) is 0 Å². The molecule has 0 aliphatic carbocycles. The number of piperidine rings is 1. The first-order chi connectivity index (χ1) is 10.1. The minimum absolute atomic E-state index is 0.0405. The van der Waals surface area contributed by atoms with E-state index < -0.39 is 0 Å². The quantitative estimate of drug-likeness (QED) is 0.389. The van der Waals surface area contributed by atoms with Crippen LogP contribution >= 0.6 is 0 Å². The van der Waals surface area contributed by atoms with Crippen molar-refractivity contribution in [3.63, 3.8) is 0 Å². The monoisotopic (exact) mass is 294 g/mol. The minimum atomic E-state index is -0.0405. The van der Waals surface area contributed by atoms with Gasteiger partial charge in [0.05, 0.1) is 19.8 Å². The highest BCUT2D eigenvalue weighted by Gasteiger charge is 2.36. The highest BCUT2D eigenvalue weighted by molar-refractivity contribution is 5.26. The van der Waals surface area contributed by atoms with Crippen molar-refractivity contribution in [2.24, 2.45) is 5.41 Å². The molecule has 0 saturated carbocycles. The van der Waals surface area contributed by atoms with Crippen molar-refractivity contribution >= 4 is 0 Å². The lowest BCUT2D eigenvalue weighted by Crippen LogP contribution is -2.45. The molecule has 1 aliphatic heterocycles. The first-order valence-electron chi connectivity index (χ1n) is 7.55. The maximum absolute atomic E-state index is 5.84. The van der Waals surface area contributed by atoms with E-state index in [1.54, 1.807) is 7.11 Å². The molecular weight excluding hydrogens is 264 g/mol. The molecule has 2 N–H and O–H groups in total. The molecule has 1 heterocycles. The summed E-state index contributed by atoms with van der Waals surface area (Å²) in [4.78, 5) is 0. The fourth-order valence-electron chi connectivity index (χ4n) is 2.85. The molecule has 1 saturated heterocycles. The lowest BCUT2D eigenvalue weighted by Gasteiger charge is -2.40. The van der Waals surface area contributed by atoms with E-state index in [0.29, 0.717) is 19.8 Å². The van der Waals surface area contributed by atoms with E-state index in [4.69, 9.17) is 9.47 Å². The number of ether oxygens (including phenoxy) is 2. The van der Waals surface area contributed by atoms with Crippen LogP contribution in [0.4, 0.5) is 0 Å². The zero-order chi connectivity index (χ0) is 15.7. The van der Waals surface area contributed by atoms with Crippen molar-refractivity contribution in [3.8, 4) is 0 Å². The van der Waals surface area contributed by atoms with Gasteiger partial charge in [-0.25, -0.2) is 0 Å². The summed E-state index contributed by atoms with van der Waals surface area (Å²) in [5.41, 5.74) is 3.61. The number of allylic oxidation sites excluding steroid dienone is 2. The zero-order valence-corrected chi connectivity index (χ0v) is 13.8. The first kappa shape index (κ1) is 18.0. The van der Waals surface area contributed by atoms with Crippen molar-refractivity contribution in [3.05, 3.63) is 36.1 Å². The zero-order valence-electron chi connectivity index (χ0n) is 13.8. The molecule has 21 heavy (non-hydrogen) atoms. The Morgan fingerprint density at radius 2 is 2.24 bits per heavy atom. The molecule has 0 radical (unpaired) electrons. The van der Waals surface area contributed by atoms with Gasteiger partial charge >= 0.3 is 0 Å². The van der Waals surface area contributed by atoms with Gasteiger partial charge in [0.15, 0.2) is 0 Å². The molecule has 1 rings (SSSR count). The van der Waals surface area contributed by atoms with Crippen LogP contribution in [0.15, 0.2) is 36.1 Å². The minimum Gasteiger partial charge on any atom is -0.388 e. The SMILES string of the molecule is C=C/C(NC)=C(/C)CC1(COCCOC)CNCCC1=C. The number of nitrogens with one attached hydrogen (secondary N) is 2. The molecular formula is C17H30N2O2. The Morgan fingerprint density at radius 3 is 2.81 bits per heavy atom. The van der Waals surface area contributed by atoms with Crippen LogP contribution < -0.4 is 10.6 Å². The summed E-state index contributed by atoms with van der Waals surface area (Å²) in [7, 11) is 3.62. The molecule has 0 aromatic rings. The summed E-state index contributed by atoms with van der Waals surface area (Å²) in [6, 6.07) is 0. The Hall–Kier alpha value is -1.10. The molecule has 1 unspecified atom stereocenters. The molecule has 0 aromatic carbocycles. The molecule has 1 fully saturated rings. The van der Waals surface area contributed by atoms with Gasteiger partial charge in [0.1, 0.15) is 0 Å². The van der Waals surface area contributed by atoms with Crippen molar-refractivity contribution in [1.29, 1.82) is 0 Å². The maximum atomic E-state index is 5.84. The third-order valence-corrected chi connectivity index (χ3v) is 4.16. The predicted octanol–water partition coefficient (Wildman–Crippen LogP) is 2.25. The maximum Gasteiger partial charge on any atom is 0.0700 e. The van der Waals surface area contributed by atoms with Gasteiger partial charge in [0.2, 0.25) is 0 Å². The van der Waals surface area contributed by atoms with Gasteiger partial charge in [-0.05, 0) is 38.0 Å². The fourth-order valence-corrected chi connectivity index (χ4v) is 2.85. The molecule has 4 heteroatoms. The molecule has 120 valence electrons. The van der Waals surface area contributed by atoms with Crippen molar-refractivity contribution < 1.29 is 9.47 Å². The van der Waals surface area contributed by atoms with Crippen LogP contribution in [0.3, 0.4) is 0 Å². The summed E-state index contributed by atoms with van der Waals surface area (Å²) in [6.45, 7) is 14.2. The number of hydrogen-bond donors (Lipinski definition) is 2. The summed E-state index contributed by atoms with van der Waals surface area (Å²) >= 11 is 0. The van der Waals surface area contributed by atoms with E-state index in [1.165, 1.54) is 11.1 Å². The predicted molar refractivity (Wildman–Crippen MR) is 88.3 cm³/mol. The second-order valence-electron chi connectivity index (χ2n) is 5.68. The van der Waals surface area contributed by atoms with Gasteiger partial charge in [-0.1, -0.05) is 18.7 Å². The smallest absolute Gasteiger partial charge is 0.0700 e. The third-order valence-electron chi connectivity index (χ3n) is 4.16. The normalized spacial score (nSPS) is 23.7. The second kappa shape index (κ2) is 9.03. The van der Waals surface area contributed by atoms with E-state index in [-0.39, 0.29) is 5.41 Å². The lowest BCUT2D eigenvalue weighted by molar-refractivity contribution is 0.0237. The number of rotatable bonds is 9. The molecule has 1 aliphatic rings. The molecule has 0 amide bonds. The topological polar surface area (TPSA) is 42.5 Å². The Kier molecular flexibility index (Phi) is 7.72. The van der Waals surface area contributed by atoms with Gasteiger partial charge in [-0.3, -0.25) is 0 Å². The van der Waals surface area contributed by atoms with Crippen LogP contribution in [0, 0.1) is 5.41 Å². The molecule has 4 nitrogen and oxygen atoms in total. The summed E-state index contributed by atoms with van der Waals surface area (Å²) in [6.07, 6.45) is 3.80. The van der Waals surface area contributed by atoms with E-state index in [2.05, 4.69) is 30.7 Å². The van der Waals surface area contributed by atoms with Gasteiger partial charge in [0, 0.05) is 31.8 Å². The number of methoxy groups -OCH3 is 1. The standard InChI is InChI=1S/C17H30N2O2/c1-6-16(18-4)14(2)11-17(13-21-10-9-20-5)12-19-8-7-15(17)3/h6,18-19H,1,3,7-13H2,2,4-5H3/b16-14+. The highest BCUT2D eigenvalue weighted by Crippen LogP contribution is 2.38. The van der Waals surface area contributed by atoms with Crippen molar-refractivity contribution in [1.82, 2.24) is 10.6 Å².